The van der Waals surface area contributed by atoms with Crippen LogP contribution >= 0.6 is 0 Å². The van der Waals surface area contributed by atoms with Crippen molar-refractivity contribution in [1.82, 2.24) is 35.6 Å². The van der Waals surface area contributed by atoms with E-state index in [1.807, 2.05) is 0 Å². The fourth-order valence-corrected chi connectivity index (χ4v) is 3.02. The van der Waals surface area contributed by atoms with Crippen LogP contribution in [0.5, 0.6) is 0 Å². The molecule has 4 rings (SSSR count). The standard InChI is InChI=1S/C20H16N10O2/c21-10-26-28-15(31)9-30-19-16(18(22)24-11-25-19)17(29-30)12-4-6-13(7-5-12)20(32)27-14-3-1-2-8-23-14/h1-8,11,26H,9H2,(H,28,31)(H2,22,24,25)(H,23,27,32). The van der Waals surface area contributed by atoms with Gasteiger partial charge in [-0.2, -0.15) is 10.4 Å². The lowest BCUT2D eigenvalue weighted by Gasteiger charge is -2.05. The van der Waals surface area contributed by atoms with Gasteiger partial charge in [-0.3, -0.25) is 15.0 Å². The maximum atomic E-state index is 12.5. The van der Waals surface area contributed by atoms with Crippen molar-refractivity contribution in [2.45, 2.75) is 6.54 Å². The molecule has 0 bridgehead atoms. The summed E-state index contributed by atoms with van der Waals surface area (Å²) in [6, 6.07) is 11.9. The molecule has 0 atom stereocenters. The molecule has 32 heavy (non-hydrogen) atoms. The molecule has 158 valence electrons. The molecule has 3 heterocycles. The number of pyridine rings is 1. The second-order valence-electron chi connectivity index (χ2n) is 6.50. The largest absolute Gasteiger partial charge is 0.383 e. The molecular weight excluding hydrogens is 412 g/mol. The molecule has 0 radical (unpaired) electrons. The van der Waals surface area contributed by atoms with Crippen molar-refractivity contribution in [3.63, 3.8) is 0 Å². The van der Waals surface area contributed by atoms with Crippen LogP contribution in [0.4, 0.5) is 11.6 Å². The van der Waals surface area contributed by atoms with Gasteiger partial charge in [0.2, 0.25) is 0 Å². The zero-order valence-corrected chi connectivity index (χ0v) is 16.5. The molecule has 12 nitrogen and oxygen atoms in total. The molecule has 12 heteroatoms. The van der Waals surface area contributed by atoms with Gasteiger partial charge in [-0.25, -0.2) is 25.1 Å². The Labute approximate surface area is 181 Å². The molecule has 0 aliphatic heterocycles. The molecule has 0 saturated carbocycles. The van der Waals surface area contributed by atoms with Crippen LogP contribution < -0.4 is 21.9 Å². The number of carbonyl (C=O) groups excluding carboxylic acids is 2. The molecule has 0 unspecified atom stereocenters. The van der Waals surface area contributed by atoms with E-state index < -0.39 is 5.91 Å². The summed E-state index contributed by atoms with van der Waals surface area (Å²) in [5.41, 5.74) is 12.2. The van der Waals surface area contributed by atoms with E-state index in [4.69, 9.17) is 11.0 Å². The number of nitrogens with zero attached hydrogens (tertiary/aromatic N) is 6. The SMILES string of the molecule is N#CNNC(=O)Cn1nc(-c2ccc(C(=O)Nc3ccccn3)cc2)c2c(N)ncnc21. The first-order valence-corrected chi connectivity index (χ1v) is 9.29. The van der Waals surface area contributed by atoms with Gasteiger partial charge in [0.15, 0.2) is 11.8 Å². The molecular formula is C20H16N10O2. The first-order chi connectivity index (χ1) is 15.6. The van der Waals surface area contributed by atoms with Gasteiger partial charge in [-0.05, 0) is 24.3 Å². The van der Waals surface area contributed by atoms with E-state index in [0.29, 0.717) is 33.7 Å². The van der Waals surface area contributed by atoms with E-state index in [1.165, 1.54) is 11.0 Å². The summed E-state index contributed by atoms with van der Waals surface area (Å²) in [4.78, 5) is 36.7. The highest BCUT2D eigenvalue weighted by atomic mass is 16.2. The van der Waals surface area contributed by atoms with Gasteiger partial charge in [0.1, 0.15) is 30.2 Å². The number of rotatable bonds is 6. The molecule has 0 fully saturated rings. The van der Waals surface area contributed by atoms with Crippen LogP contribution in [-0.4, -0.2) is 36.5 Å². The Morgan fingerprint density at radius 1 is 1.09 bits per heavy atom. The number of amides is 2. The Morgan fingerprint density at radius 3 is 2.62 bits per heavy atom. The number of aromatic nitrogens is 5. The highest BCUT2D eigenvalue weighted by Crippen LogP contribution is 2.30. The fourth-order valence-electron chi connectivity index (χ4n) is 3.02. The average Bonchev–Trinajstić information content (AvgIpc) is 3.18. The number of anilines is 2. The minimum absolute atomic E-state index is 0.198. The van der Waals surface area contributed by atoms with Crippen molar-refractivity contribution in [2.24, 2.45) is 0 Å². The first-order valence-electron chi connectivity index (χ1n) is 9.29. The predicted molar refractivity (Wildman–Crippen MR) is 114 cm³/mol. The lowest BCUT2D eigenvalue weighted by molar-refractivity contribution is -0.122. The maximum Gasteiger partial charge on any atom is 0.260 e. The van der Waals surface area contributed by atoms with Gasteiger partial charge in [0.25, 0.3) is 11.8 Å². The minimum Gasteiger partial charge on any atom is -0.383 e. The van der Waals surface area contributed by atoms with E-state index in [9.17, 15) is 9.59 Å². The number of fused-ring (bicyclic) bond motifs is 1. The van der Waals surface area contributed by atoms with E-state index >= 15 is 0 Å². The second kappa shape index (κ2) is 8.76. The Morgan fingerprint density at radius 2 is 1.91 bits per heavy atom. The van der Waals surface area contributed by atoms with Crippen LogP contribution in [0.2, 0.25) is 0 Å². The minimum atomic E-state index is -0.499. The Balaban J connectivity index is 1.64. The number of hydrogen-bond acceptors (Lipinski definition) is 9. The lowest BCUT2D eigenvalue weighted by Crippen LogP contribution is -2.36. The van der Waals surface area contributed by atoms with Crippen LogP contribution in [0.25, 0.3) is 22.3 Å². The Kier molecular flexibility index (Phi) is 5.54. The third-order valence-electron chi connectivity index (χ3n) is 4.44. The predicted octanol–water partition coefficient (Wildman–Crippen LogP) is 0.825. The smallest absolute Gasteiger partial charge is 0.260 e. The fraction of sp³-hybridized carbons (Fsp3) is 0.0500. The molecule has 4 aromatic rings. The van der Waals surface area contributed by atoms with E-state index in [0.717, 1.165) is 0 Å². The summed E-state index contributed by atoms with van der Waals surface area (Å²) in [6.07, 6.45) is 4.46. The molecule has 5 N–H and O–H groups in total. The van der Waals surface area contributed by atoms with Crippen LogP contribution in [0.1, 0.15) is 10.4 Å². The first kappa shape index (κ1) is 20.2. The molecule has 0 aliphatic rings. The molecule has 3 aromatic heterocycles. The van der Waals surface area contributed by atoms with Crippen molar-refractivity contribution in [1.29, 1.82) is 5.26 Å². The highest BCUT2D eigenvalue weighted by Gasteiger charge is 2.19. The van der Waals surface area contributed by atoms with Crippen LogP contribution in [-0.2, 0) is 11.3 Å². The van der Waals surface area contributed by atoms with Crippen LogP contribution in [0.15, 0.2) is 55.0 Å². The molecule has 0 spiro atoms. The number of carbonyl (C=O) groups is 2. The quantitative estimate of drug-likeness (QED) is 0.197. The molecule has 0 aliphatic carbocycles. The van der Waals surface area contributed by atoms with Gasteiger partial charge in [-0.1, -0.05) is 18.2 Å². The van der Waals surface area contributed by atoms with Gasteiger partial charge in [-0.15, -0.1) is 0 Å². The number of nitriles is 1. The number of hydrazine groups is 1. The molecule has 2 amide bonds. The summed E-state index contributed by atoms with van der Waals surface area (Å²) >= 11 is 0. The van der Waals surface area contributed by atoms with Gasteiger partial charge in [0, 0.05) is 17.3 Å². The summed E-state index contributed by atoms with van der Waals surface area (Å²) in [7, 11) is 0. The van der Waals surface area contributed by atoms with Crippen molar-refractivity contribution in [2.75, 3.05) is 11.1 Å². The van der Waals surface area contributed by atoms with E-state index in [-0.39, 0.29) is 18.3 Å². The monoisotopic (exact) mass is 428 g/mol. The van der Waals surface area contributed by atoms with Gasteiger partial charge < -0.3 is 11.1 Å². The number of nitrogens with two attached hydrogens (primary N) is 1. The molecule has 0 saturated heterocycles. The summed E-state index contributed by atoms with van der Waals surface area (Å²) in [5.74, 6) is -0.166. The number of benzene rings is 1. The Hall–Kier alpha value is -5.05. The van der Waals surface area contributed by atoms with Crippen molar-refractivity contribution >= 4 is 34.5 Å². The summed E-state index contributed by atoms with van der Waals surface area (Å²) in [5, 5.41) is 16.2. The van der Waals surface area contributed by atoms with E-state index in [1.54, 1.807) is 54.9 Å². The van der Waals surface area contributed by atoms with Gasteiger partial charge in [0.05, 0.1) is 5.39 Å². The number of hydrogen-bond donors (Lipinski definition) is 4. The molecule has 1 aromatic carbocycles. The van der Waals surface area contributed by atoms with E-state index in [2.05, 4.69) is 36.2 Å². The normalized spacial score (nSPS) is 10.3. The van der Waals surface area contributed by atoms with Gasteiger partial charge >= 0.3 is 0 Å². The topological polar surface area (TPSA) is 177 Å². The lowest BCUT2D eigenvalue weighted by atomic mass is 10.1. The number of nitrogens with one attached hydrogen (secondary N) is 3. The maximum absolute atomic E-state index is 12.5. The third kappa shape index (κ3) is 4.12. The Bertz CT molecular complexity index is 1330. The zero-order chi connectivity index (χ0) is 22.5. The van der Waals surface area contributed by atoms with Crippen molar-refractivity contribution in [3.05, 3.63) is 60.6 Å². The van der Waals surface area contributed by atoms with Crippen LogP contribution in [0.3, 0.4) is 0 Å². The summed E-state index contributed by atoms with van der Waals surface area (Å²) < 4.78 is 1.36. The van der Waals surface area contributed by atoms with Crippen molar-refractivity contribution in [3.8, 4) is 17.5 Å². The average molecular weight is 428 g/mol. The second-order valence-corrected chi connectivity index (χ2v) is 6.50. The zero-order valence-electron chi connectivity index (χ0n) is 16.5. The van der Waals surface area contributed by atoms with Crippen LogP contribution in [0, 0.1) is 11.5 Å². The third-order valence-corrected chi connectivity index (χ3v) is 4.44. The van der Waals surface area contributed by atoms with Crippen molar-refractivity contribution < 1.29 is 9.59 Å². The summed E-state index contributed by atoms with van der Waals surface area (Å²) in [6.45, 7) is -0.202. The number of nitrogen functional groups attached to an aromatic ring is 1. The highest BCUT2D eigenvalue weighted by molar-refractivity contribution is 6.04.